The summed E-state index contributed by atoms with van der Waals surface area (Å²) in [6, 6.07) is 13.4. The molecule has 0 fully saturated rings. The van der Waals surface area contributed by atoms with Gasteiger partial charge in [-0.05, 0) is 59.9 Å². The van der Waals surface area contributed by atoms with E-state index in [-0.39, 0.29) is 12.5 Å². The molecule has 5 heteroatoms. The number of amides is 1. The van der Waals surface area contributed by atoms with Gasteiger partial charge in [0.25, 0.3) is 5.91 Å². The first-order valence-electron chi connectivity index (χ1n) is 8.19. The van der Waals surface area contributed by atoms with Crippen molar-refractivity contribution in [3.05, 3.63) is 59.2 Å². The van der Waals surface area contributed by atoms with Crippen LogP contribution in [-0.2, 0) is 4.79 Å². The fraction of sp³-hybridized carbons (Fsp3) is 0.300. The van der Waals surface area contributed by atoms with Crippen molar-refractivity contribution in [2.75, 3.05) is 13.7 Å². The van der Waals surface area contributed by atoms with Crippen molar-refractivity contribution < 1.29 is 14.3 Å². The van der Waals surface area contributed by atoms with Crippen molar-refractivity contribution in [1.29, 1.82) is 0 Å². The minimum Gasteiger partial charge on any atom is -0.496 e. The van der Waals surface area contributed by atoms with E-state index in [4.69, 9.17) is 9.47 Å². The van der Waals surface area contributed by atoms with Crippen molar-refractivity contribution in [2.45, 2.75) is 26.7 Å². The molecule has 1 amide bonds. The quantitative estimate of drug-likeness (QED) is 0.618. The number of rotatable bonds is 7. The summed E-state index contributed by atoms with van der Waals surface area (Å²) >= 11 is 0. The standard InChI is InChI=1S/C20H24N2O3/c1-14(2)17-6-8-18(9-7-17)25-13-20(23)22-21-12-16-5-10-19(24-4)15(3)11-16/h5-12,14H,13H2,1-4H3,(H,22,23). The molecule has 0 heterocycles. The number of benzene rings is 2. The van der Waals surface area contributed by atoms with Crippen LogP contribution in [-0.4, -0.2) is 25.8 Å². The normalized spacial score (nSPS) is 10.9. The number of hydrogen-bond donors (Lipinski definition) is 1. The third kappa shape index (κ3) is 5.64. The number of methoxy groups -OCH3 is 1. The van der Waals surface area contributed by atoms with E-state index in [1.54, 1.807) is 13.3 Å². The molecule has 5 nitrogen and oxygen atoms in total. The van der Waals surface area contributed by atoms with Crippen molar-refractivity contribution in [1.82, 2.24) is 5.43 Å². The predicted octanol–water partition coefficient (Wildman–Crippen LogP) is 3.66. The summed E-state index contributed by atoms with van der Waals surface area (Å²) in [5.41, 5.74) is 5.57. The van der Waals surface area contributed by atoms with Crippen LogP contribution in [0.2, 0.25) is 0 Å². The van der Waals surface area contributed by atoms with E-state index in [1.807, 2.05) is 49.4 Å². The maximum absolute atomic E-state index is 11.8. The highest BCUT2D eigenvalue weighted by Crippen LogP contribution is 2.18. The van der Waals surface area contributed by atoms with Crippen LogP contribution in [0.5, 0.6) is 11.5 Å². The van der Waals surface area contributed by atoms with Gasteiger partial charge in [0.15, 0.2) is 6.61 Å². The van der Waals surface area contributed by atoms with E-state index < -0.39 is 0 Å². The van der Waals surface area contributed by atoms with Crippen LogP contribution in [0.15, 0.2) is 47.6 Å². The molecule has 0 saturated carbocycles. The Bertz CT molecular complexity index is 737. The molecule has 0 spiro atoms. The van der Waals surface area contributed by atoms with Crippen molar-refractivity contribution >= 4 is 12.1 Å². The molecular formula is C20H24N2O3. The van der Waals surface area contributed by atoms with Gasteiger partial charge < -0.3 is 9.47 Å². The van der Waals surface area contributed by atoms with Gasteiger partial charge >= 0.3 is 0 Å². The molecule has 0 unspecified atom stereocenters. The van der Waals surface area contributed by atoms with Crippen LogP contribution in [0, 0.1) is 6.92 Å². The summed E-state index contributed by atoms with van der Waals surface area (Å²) in [6.45, 7) is 6.13. The SMILES string of the molecule is COc1ccc(C=NNC(=O)COc2ccc(C(C)C)cc2)cc1C. The van der Waals surface area contributed by atoms with Crippen LogP contribution >= 0.6 is 0 Å². The number of nitrogens with zero attached hydrogens (tertiary/aromatic N) is 1. The molecule has 0 atom stereocenters. The van der Waals surface area contributed by atoms with E-state index in [0.717, 1.165) is 16.9 Å². The zero-order valence-electron chi connectivity index (χ0n) is 15.1. The van der Waals surface area contributed by atoms with Crippen LogP contribution in [0.3, 0.4) is 0 Å². The lowest BCUT2D eigenvalue weighted by Gasteiger charge is -2.08. The van der Waals surface area contributed by atoms with Crippen molar-refractivity contribution in [2.24, 2.45) is 5.10 Å². The van der Waals surface area contributed by atoms with Gasteiger partial charge in [-0.1, -0.05) is 26.0 Å². The van der Waals surface area contributed by atoms with Gasteiger partial charge in [0.2, 0.25) is 0 Å². The minimum atomic E-state index is -0.311. The fourth-order valence-corrected chi connectivity index (χ4v) is 2.29. The predicted molar refractivity (Wildman–Crippen MR) is 99.5 cm³/mol. The Kier molecular flexibility index (Phi) is 6.57. The average molecular weight is 340 g/mol. The molecule has 1 N–H and O–H groups in total. The Morgan fingerprint density at radius 3 is 2.52 bits per heavy atom. The molecule has 0 bridgehead atoms. The molecule has 2 aromatic carbocycles. The molecule has 0 aliphatic carbocycles. The number of nitrogens with one attached hydrogen (secondary N) is 1. The number of carbonyl (C=O) groups excluding carboxylic acids is 1. The van der Waals surface area contributed by atoms with Crippen LogP contribution in [0.25, 0.3) is 0 Å². The van der Waals surface area contributed by atoms with Crippen LogP contribution in [0.1, 0.15) is 36.5 Å². The molecule has 0 aliphatic heterocycles. The minimum absolute atomic E-state index is 0.0833. The summed E-state index contributed by atoms with van der Waals surface area (Å²) in [4.78, 5) is 11.8. The zero-order valence-corrected chi connectivity index (χ0v) is 15.1. The number of hydrazone groups is 1. The Balaban J connectivity index is 1.81. The lowest BCUT2D eigenvalue weighted by atomic mass is 10.0. The van der Waals surface area contributed by atoms with Gasteiger partial charge in [0, 0.05) is 0 Å². The average Bonchev–Trinajstić information content (AvgIpc) is 2.60. The number of aryl methyl sites for hydroxylation is 1. The second-order valence-corrected chi connectivity index (χ2v) is 6.03. The molecule has 2 rings (SSSR count). The Hall–Kier alpha value is -2.82. The van der Waals surface area contributed by atoms with E-state index in [9.17, 15) is 4.79 Å². The highest BCUT2D eigenvalue weighted by Gasteiger charge is 2.03. The van der Waals surface area contributed by atoms with Crippen molar-refractivity contribution in [3.63, 3.8) is 0 Å². The first-order valence-corrected chi connectivity index (χ1v) is 8.19. The lowest BCUT2D eigenvalue weighted by molar-refractivity contribution is -0.123. The molecule has 0 aliphatic rings. The second kappa shape index (κ2) is 8.87. The fourth-order valence-electron chi connectivity index (χ4n) is 2.29. The highest BCUT2D eigenvalue weighted by atomic mass is 16.5. The number of carbonyl (C=O) groups is 1. The third-order valence-electron chi connectivity index (χ3n) is 3.74. The van der Waals surface area contributed by atoms with Crippen LogP contribution < -0.4 is 14.9 Å². The number of ether oxygens (including phenoxy) is 2. The molecule has 0 aromatic heterocycles. The zero-order chi connectivity index (χ0) is 18.2. The molecule has 132 valence electrons. The summed E-state index contributed by atoms with van der Waals surface area (Å²) in [5.74, 6) is 1.63. The van der Waals surface area contributed by atoms with Gasteiger partial charge in [-0.25, -0.2) is 5.43 Å². The van der Waals surface area contributed by atoms with E-state index >= 15 is 0 Å². The van der Waals surface area contributed by atoms with E-state index in [2.05, 4.69) is 24.4 Å². The maximum atomic E-state index is 11.8. The monoisotopic (exact) mass is 340 g/mol. The highest BCUT2D eigenvalue weighted by molar-refractivity contribution is 5.83. The van der Waals surface area contributed by atoms with E-state index in [1.165, 1.54) is 5.56 Å². The summed E-state index contributed by atoms with van der Waals surface area (Å²) in [5, 5.41) is 3.94. The molecule has 2 aromatic rings. The van der Waals surface area contributed by atoms with Gasteiger partial charge in [-0.15, -0.1) is 0 Å². The lowest BCUT2D eigenvalue weighted by Crippen LogP contribution is -2.24. The van der Waals surface area contributed by atoms with Crippen LogP contribution in [0.4, 0.5) is 0 Å². The summed E-state index contributed by atoms with van der Waals surface area (Å²) < 4.78 is 10.7. The molecule has 25 heavy (non-hydrogen) atoms. The Morgan fingerprint density at radius 1 is 1.20 bits per heavy atom. The van der Waals surface area contributed by atoms with Gasteiger partial charge in [-0.2, -0.15) is 5.10 Å². The summed E-state index contributed by atoms with van der Waals surface area (Å²) in [7, 11) is 1.63. The largest absolute Gasteiger partial charge is 0.496 e. The van der Waals surface area contributed by atoms with Gasteiger partial charge in [0.1, 0.15) is 11.5 Å². The van der Waals surface area contributed by atoms with E-state index in [0.29, 0.717) is 11.7 Å². The first-order chi connectivity index (χ1) is 12.0. The molecule has 0 radical (unpaired) electrons. The topological polar surface area (TPSA) is 59.9 Å². The van der Waals surface area contributed by atoms with Gasteiger partial charge in [0.05, 0.1) is 13.3 Å². The van der Waals surface area contributed by atoms with Crippen molar-refractivity contribution in [3.8, 4) is 11.5 Å². The Morgan fingerprint density at radius 2 is 1.92 bits per heavy atom. The molecular weight excluding hydrogens is 316 g/mol. The second-order valence-electron chi connectivity index (χ2n) is 6.03. The smallest absolute Gasteiger partial charge is 0.277 e. The number of hydrogen-bond acceptors (Lipinski definition) is 4. The maximum Gasteiger partial charge on any atom is 0.277 e. The summed E-state index contributed by atoms with van der Waals surface area (Å²) in [6.07, 6.45) is 1.59. The van der Waals surface area contributed by atoms with Gasteiger partial charge in [-0.3, -0.25) is 4.79 Å². The molecule has 0 saturated heterocycles. The Labute approximate surface area is 148 Å². The third-order valence-corrected chi connectivity index (χ3v) is 3.74. The first kappa shape index (κ1) is 18.5.